The van der Waals surface area contributed by atoms with Crippen molar-refractivity contribution in [3.8, 4) is 0 Å². The summed E-state index contributed by atoms with van der Waals surface area (Å²) < 4.78 is 4.99. The second kappa shape index (κ2) is 5.38. The fraction of sp³-hybridized carbons (Fsp3) is 0.667. The maximum Gasteiger partial charge on any atom is 0.246 e. The van der Waals surface area contributed by atoms with E-state index < -0.39 is 6.04 Å². The Labute approximate surface area is 111 Å². The Morgan fingerprint density at radius 2 is 2.26 bits per heavy atom. The lowest BCUT2D eigenvalue weighted by Crippen LogP contribution is -2.59. The summed E-state index contributed by atoms with van der Waals surface area (Å²) >= 11 is 0. The first-order valence-corrected chi connectivity index (χ1v) is 6.38. The first kappa shape index (κ1) is 13.5. The fourth-order valence-corrected chi connectivity index (χ4v) is 2.05. The van der Waals surface area contributed by atoms with Crippen LogP contribution in [0.2, 0.25) is 0 Å². The van der Waals surface area contributed by atoms with Crippen LogP contribution in [-0.2, 0) is 16.1 Å². The van der Waals surface area contributed by atoms with Crippen LogP contribution in [0.3, 0.4) is 0 Å². The van der Waals surface area contributed by atoms with Crippen LogP contribution in [0.4, 0.5) is 0 Å². The quantitative estimate of drug-likeness (QED) is 0.844. The molecule has 1 aromatic rings. The largest absolute Gasteiger partial charge is 0.342 e. The molecule has 0 spiro atoms. The number of piperazine rings is 1. The Balaban J connectivity index is 2.11. The highest BCUT2D eigenvalue weighted by Crippen LogP contribution is 2.16. The summed E-state index contributed by atoms with van der Waals surface area (Å²) in [6, 6.07) is -0.463. The van der Waals surface area contributed by atoms with Gasteiger partial charge in [0.2, 0.25) is 17.7 Å². The average Bonchev–Trinajstić information content (AvgIpc) is 2.78. The summed E-state index contributed by atoms with van der Waals surface area (Å²) in [5, 5.41) is 6.41. The molecule has 2 heterocycles. The van der Waals surface area contributed by atoms with Gasteiger partial charge in [0, 0.05) is 0 Å². The Hall–Kier alpha value is -1.92. The fourth-order valence-electron chi connectivity index (χ4n) is 2.05. The highest BCUT2D eigenvalue weighted by molar-refractivity contribution is 5.94. The van der Waals surface area contributed by atoms with E-state index in [9.17, 15) is 9.59 Å². The van der Waals surface area contributed by atoms with Crippen molar-refractivity contribution in [3.63, 3.8) is 0 Å². The van der Waals surface area contributed by atoms with Crippen molar-refractivity contribution >= 4 is 11.8 Å². The molecule has 7 heteroatoms. The summed E-state index contributed by atoms with van der Waals surface area (Å²) in [6.07, 6.45) is 0.824. The molecular weight excluding hydrogens is 248 g/mol. The summed E-state index contributed by atoms with van der Waals surface area (Å²) in [6.45, 7) is 5.86. The number of amides is 2. The van der Waals surface area contributed by atoms with Gasteiger partial charge in [-0.2, -0.15) is 4.98 Å². The Bertz CT molecular complexity index is 485. The van der Waals surface area contributed by atoms with E-state index in [1.165, 1.54) is 4.90 Å². The third kappa shape index (κ3) is 2.91. The van der Waals surface area contributed by atoms with Crippen molar-refractivity contribution in [2.75, 3.05) is 6.54 Å². The summed E-state index contributed by atoms with van der Waals surface area (Å²) in [5.41, 5.74) is 0. The number of aromatic nitrogens is 2. The van der Waals surface area contributed by atoms with Gasteiger partial charge in [0.05, 0.1) is 0 Å². The molecule has 2 atom stereocenters. The van der Waals surface area contributed by atoms with Crippen molar-refractivity contribution in [2.45, 2.75) is 39.8 Å². The van der Waals surface area contributed by atoms with Gasteiger partial charge in [-0.3, -0.25) is 9.59 Å². The van der Waals surface area contributed by atoms with E-state index in [2.05, 4.69) is 15.5 Å². The molecule has 104 valence electrons. The van der Waals surface area contributed by atoms with Crippen LogP contribution in [0.25, 0.3) is 0 Å². The Morgan fingerprint density at radius 3 is 2.84 bits per heavy atom. The normalized spacial score (nSPS) is 21.4. The second-order valence-electron chi connectivity index (χ2n) is 4.86. The topological polar surface area (TPSA) is 88.3 Å². The summed E-state index contributed by atoms with van der Waals surface area (Å²) in [5.74, 6) is 0.723. The summed E-state index contributed by atoms with van der Waals surface area (Å²) in [4.78, 5) is 29.5. The molecule has 1 N–H and O–H groups in total. The highest BCUT2D eigenvalue weighted by Gasteiger charge is 2.36. The third-order valence-corrected chi connectivity index (χ3v) is 3.34. The van der Waals surface area contributed by atoms with E-state index in [0.717, 1.165) is 6.42 Å². The molecule has 0 aliphatic carbocycles. The molecule has 0 aromatic carbocycles. The zero-order valence-electron chi connectivity index (χ0n) is 11.3. The number of hydrogen-bond acceptors (Lipinski definition) is 5. The molecule has 2 rings (SSSR count). The number of rotatable bonds is 4. The molecule has 1 saturated heterocycles. The van der Waals surface area contributed by atoms with Gasteiger partial charge in [0.25, 0.3) is 0 Å². The molecule has 1 fully saturated rings. The van der Waals surface area contributed by atoms with Crippen LogP contribution in [0, 0.1) is 12.8 Å². The molecule has 2 unspecified atom stereocenters. The van der Waals surface area contributed by atoms with Crippen molar-refractivity contribution in [1.29, 1.82) is 0 Å². The van der Waals surface area contributed by atoms with Gasteiger partial charge in [0.15, 0.2) is 5.82 Å². The maximum absolute atomic E-state index is 12.3. The first-order chi connectivity index (χ1) is 9.01. The van der Waals surface area contributed by atoms with E-state index in [0.29, 0.717) is 11.7 Å². The molecule has 7 nitrogen and oxygen atoms in total. The Morgan fingerprint density at radius 1 is 1.53 bits per heavy atom. The highest BCUT2D eigenvalue weighted by atomic mass is 16.5. The van der Waals surface area contributed by atoms with Crippen LogP contribution in [0.5, 0.6) is 0 Å². The van der Waals surface area contributed by atoms with Gasteiger partial charge < -0.3 is 14.7 Å². The molecule has 0 radical (unpaired) electrons. The zero-order chi connectivity index (χ0) is 14.0. The standard InChI is InChI=1S/C12H18N4O3/c1-4-7(2)11-12(18)16(5-9(17)14-11)6-10-13-8(3)15-19-10/h7,11H,4-6H2,1-3H3,(H,14,17). The van der Waals surface area contributed by atoms with E-state index in [1.54, 1.807) is 6.92 Å². The van der Waals surface area contributed by atoms with Gasteiger partial charge in [0.1, 0.15) is 19.1 Å². The van der Waals surface area contributed by atoms with Crippen LogP contribution >= 0.6 is 0 Å². The number of carbonyl (C=O) groups excluding carboxylic acids is 2. The van der Waals surface area contributed by atoms with E-state index in [1.807, 2.05) is 13.8 Å². The molecule has 0 bridgehead atoms. The molecule has 1 aliphatic rings. The van der Waals surface area contributed by atoms with Crippen LogP contribution in [-0.4, -0.2) is 39.4 Å². The number of hydrogen-bond donors (Lipinski definition) is 1. The lowest BCUT2D eigenvalue weighted by atomic mass is 9.96. The lowest BCUT2D eigenvalue weighted by molar-refractivity contribution is -0.146. The minimum atomic E-state index is -0.463. The predicted octanol–water partition coefficient (Wildman–Crippen LogP) is 0.251. The van der Waals surface area contributed by atoms with Crippen LogP contribution in [0.1, 0.15) is 32.0 Å². The van der Waals surface area contributed by atoms with Gasteiger partial charge in [-0.15, -0.1) is 0 Å². The van der Waals surface area contributed by atoms with Gasteiger partial charge in [-0.1, -0.05) is 25.4 Å². The predicted molar refractivity (Wildman–Crippen MR) is 65.8 cm³/mol. The SMILES string of the molecule is CCC(C)C1NC(=O)CN(Cc2nc(C)no2)C1=O. The molecule has 1 aromatic heterocycles. The zero-order valence-corrected chi connectivity index (χ0v) is 11.3. The molecule has 19 heavy (non-hydrogen) atoms. The lowest BCUT2D eigenvalue weighted by Gasteiger charge is -2.34. The molecule has 1 aliphatic heterocycles. The van der Waals surface area contributed by atoms with E-state index in [-0.39, 0.29) is 30.8 Å². The van der Waals surface area contributed by atoms with Crippen molar-refractivity contribution < 1.29 is 14.1 Å². The van der Waals surface area contributed by atoms with E-state index >= 15 is 0 Å². The number of aryl methyl sites for hydroxylation is 1. The molecular formula is C12H18N4O3. The first-order valence-electron chi connectivity index (χ1n) is 6.38. The summed E-state index contributed by atoms with van der Waals surface area (Å²) in [7, 11) is 0. The van der Waals surface area contributed by atoms with Crippen molar-refractivity contribution in [3.05, 3.63) is 11.7 Å². The minimum Gasteiger partial charge on any atom is -0.342 e. The number of carbonyl (C=O) groups is 2. The van der Waals surface area contributed by atoms with Gasteiger partial charge >= 0.3 is 0 Å². The van der Waals surface area contributed by atoms with Crippen LogP contribution < -0.4 is 5.32 Å². The second-order valence-corrected chi connectivity index (χ2v) is 4.86. The smallest absolute Gasteiger partial charge is 0.246 e. The molecule has 2 amide bonds. The Kier molecular flexibility index (Phi) is 3.82. The number of nitrogens with zero attached hydrogens (tertiary/aromatic N) is 3. The van der Waals surface area contributed by atoms with Crippen molar-refractivity contribution in [2.24, 2.45) is 5.92 Å². The number of nitrogens with one attached hydrogen (secondary N) is 1. The maximum atomic E-state index is 12.3. The van der Waals surface area contributed by atoms with Gasteiger partial charge in [-0.05, 0) is 12.8 Å². The van der Waals surface area contributed by atoms with Crippen LogP contribution in [0.15, 0.2) is 4.52 Å². The van der Waals surface area contributed by atoms with E-state index in [4.69, 9.17) is 4.52 Å². The minimum absolute atomic E-state index is 0.0349. The monoisotopic (exact) mass is 266 g/mol. The third-order valence-electron chi connectivity index (χ3n) is 3.34. The van der Waals surface area contributed by atoms with Gasteiger partial charge in [-0.25, -0.2) is 0 Å². The van der Waals surface area contributed by atoms with Crippen molar-refractivity contribution in [1.82, 2.24) is 20.4 Å². The molecule has 0 saturated carbocycles. The average molecular weight is 266 g/mol.